The molecule has 1 aliphatic carbocycles. The predicted octanol–water partition coefficient (Wildman–Crippen LogP) is 2.26. The lowest BCUT2D eigenvalue weighted by Gasteiger charge is -2.47. The molecule has 1 aliphatic heterocycles. The minimum absolute atomic E-state index is 0.0369. The molecule has 1 saturated carbocycles. The summed E-state index contributed by atoms with van der Waals surface area (Å²) < 4.78 is 5.86. The summed E-state index contributed by atoms with van der Waals surface area (Å²) in [6.07, 6.45) is 2.81. The van der Waals surface area contributed by atoms with Crippen molar-refractivity contribution >= 4 is 0 Å². The van der Waals surface area contributed by atoms with E-state index in [0.29, 0.717) is 11.6 Å². The number of nitrogens with one attached hydrogen (secondary N) is 1. The second-order valence-corrected chi connectivity index (χ2v) is 7.02. The Balaban J connectivity index is 1.97. The monoisotopic (exact) mass is 254 g/mol. The van der Waals surface area contributed by atoms with Crippen LogP contribution < -0.4 is 5.32 Å². The number of nitrogens with zero attached hydrogens (tertiary/aromatic N) is 1. The maximum Gasteiger partial charge on any atom is 0.0752 e. The van der Waals surface area contributed by atoms with Crippen LogP contribution in [0.4, 0.5) is 0 Å². The van der Waals surface area contributed by atoms with Gasteiger partial charge in [-0.1, -0.05) is 0 Å². The Morgan fingerprint density at radius 1 is 1.39 bits per heavy atom. The maximum atomic E-state index is 5.86. The highest BCUT2D eigenvalue weighted by atomic mass is 16.5. The van der Waals surface area contributed by atoms with Crippen LogP contribution in [-0.2, 0) is 4.74 Å². The highest BCUT2D eigenvalue weighted by Crippen LogP contribution is 2.41. The van der Waals surface area contributed by atoms with Gasteiger partial charge < -0.3 is 10.1 Å². The first-order valence-electron chi connectivity index (χ1n) is 7.49. The molecule has 1 heterocycles. The molecule has 3 nitrogen and oxygen atoms in total. The standard InChI is InChI=1S/C15H30N2O/c1-6-18-14(3,4)10-17-11-15(5,13-7-8-13)16-9-12(17)2/h12-13,16H,6-11H2,1-5H3. The second kappa shape index (κ2) is 5.10. The van der Waals surface area contributed by atoms with E-state index in [9.17, 15) is 0 Å². The molecule has 0 radical (unpaired) electrons. The molecule has 2 fully saturated rings. The quantitative estimate of drug-likeness (QED) is 0.814. The maximum absolute atomic E-state index is 5.86. The van der Waals surface area contributed by atoms with Gasteiger partial charge in [-0.2, -0.15) is 0 Å². The van der Waals surface area contributed by atoms with Crippen molar-refractivity contribution in [3.63, 3.8) is 0 Å². The number of hydrogen-bond donors (Lipinski definition) is 1. The SMILES string of the molecule is CCOC(C)(C)CN1CC(C)(C2CC2)NCC1C. The molecule has 0 bridgehead atoms. The van der Waals surface area contributed by atoms with E-state index in [-0.39, 0.29) is 5.60 Å². The van der Waals surface area contributed by atoms with Gasteiger partial charge in [-0.05, 0) is 53.4 Å². The molecule has 2 aliphatic rings. The van der Waals surface area contributed by atoms with Crippen LogP contribution in [0.3, 0.4) is 0 Å². The summed E-state index contributed by atoms with van der Waals surface area (Å²) in [5.74, 6) is 0.891. The second-order valence-electron chi connectivity index (χ2n) is 7.02. The Morgan fingerprint density at radius 3 is 2.61 bits per heavy atom. The van der Waals surface area contributed by atoms with Crippen molar-refractivity contribution in [3.8, 4) is 0 Å². The van der Waals surface area contributed by atoms with Crippen LogP contribution in [0.15, 0.2) is 0 Å². The van der Waals surface area contributed by atoms with Crippen molar-refractivity contribution < 1.29 is 4.74 Å². The molecule has 0 spiro atoms. The van der Waals surface area contributed by atoms with Gasteiger partial charge in [0.15, 0.2) is 0 Å². The van der Waals surface area contributed by atoms with Crippen LogP contribution in [0.1, 0.15) is 47.5 Å². The summed E-state index contributed by atoms with van der Waals surface area (Å²) in [5.41, 5.74) is 0.291. The highest BCUT2D eigenvalue weighted by Gasteiger charge is 2.45. The van der Waals surface area contributed by atoms with Crippen molar-refractivity contribution in [2.24, 2.45) is 5.92 Å². The third-order valence-electron chi connectivity index (χ3n) is 4.55. The van der Waals surface area contributed by atoms with E-state index in [1.165, 1.54) is 12.8 Å². The minimum Gasteiger partial charge on any atom is -0.375 e. The molecule has 0 aromatic heterocycles. The number of piperazine rings is 1. The first-order chi connectivity index (χ1) is 8.36. The van der Waals surface area contributed by atoms with Crippen LogP contribution in [0.2, 0.25) is 0 Å². The molecule has 0 aromatic rings. The van der Waals surface area contributed by atoms with Crippen molar-refractivity contribution in [2.45, 2.75) is 64.6 Å². The Morgan fingerprint density at radius 2 is 2.06 bits per heavy atom. The van der Waals surface area contributed by atoms with Gasteiger partial charge in [-0.3, -0.25) is 4.90 Å². The van der Waals surface area contributed by atoms with E-state index in [0.717, 1.165) is 32.2 Å². The van der Waals surface area contributed by atoms with Crippen LogP contribution >= 0.6 is 0 Å². The Labute approximate surface area is 112 Å². The van der Waals surface area contributed by atoms with Crippen LogP contribution in [0.25, 0.3) is 0 Å². The van der Waals surface area contributed by atoms with Gasteiger partial charge >= 0.3 is 0 Å². The number of rotatable bonds is 5. The fraction of sp³-hybridized carbons (Fsp3) is 1.00. The topological polar surface area (TPSA) is 24.5 Å². The van der Waals surface area contributed by atoms with E-state index < -0.39 is 0 Å². The zero-order valence-corrected chi connectivity index (χ0v) is 12.8. The molecule has 1 saturated heterocycles. The predicted molar refractivity (Wildman–Crippen MR) is 75.9 cm³/mol. The van der Waals surface area contributed by atoms with E-state index in [4.69, 9.17) is 4.74 Å². The highest BCUT2D eigenvalue weighted by molar-refractivity contribution is 5.04. The molecule has 3 heteroatoms. The lowest BCUT2D eigenvalue weighted by molar-refractivity contribution is -0.0542. The lowest BCUT2D eigenvalue weighted by atomic mass is 9.90. The molecule has 0 aromatic carbocycles. The van der Waals surface area contributed by atoms with Gasteiger partial charge in [0.2, 0.25) is 0 Å². The molecule has 2 atom stereocenters. The average Bonchev–Trinajstić information content (AvgIpc) is 3.07. The van der Waals surface area contributed by atoms with Gasteiger partial charge in [0.05, 0.1) is 5.60 Å². The van der Waals surface area contributed by atoms with Gasteiger partial charge in [-0.15, -0.1) is 0 Å². The van der Waals surface area contributed by atoms with Crippen molar-refractivity contribution in [3.05, 3.63) is 0 Å². The molecule has 2 unspecified atom stereocenters. The summed E-state index contributed by atoms with van der Waals surface area (Å²) >= 11 is 0. The summed E-state index contributed by atoms with van der Waals surface area (Å²) in [7, 11) is 0. The normalized spacial score (nSPS) is 34.8. The van der Waals surface area contributed by atoms with Gasteiger partial charge in [0, 0.05) is 37.8 Å². The van der Waals surface area contributed by atoms with E-state index in [1.54, 1.807) is 0 Å². The van der Waals surface area contributed by atoms with Crippen molar-refractivity contribution in [1.29, 1.82) is 0 Å². The third kappa shape index (κ3) is 3.25. The number of ether oxygens (including phenoxy) is 1. The molecule has 18 heavy (non-hydrogen) atoms. The summed E-state index contributed by atoms with van der Waals surface area (Å²) in [6.45, 7) is 15.3. The van der Waals surface area contributed by atoms with Crippen LogP contribution in [-0.4, -0.2) is 48.3 Å². The molecule has 1 N–H and O–H groups in total. The molecular weight excluding hydrogens is 224 g/mol. The molecule has 0 amide bonds. The van der Waals surface area contributed by atoms with Crippen LogP contribution in [0, 0.1) is 5.92 Å². The minimum atomic E-state index is -0.0369. The van der Waals surface area contributed by atoms with E-state index in [2.05, 4.69) is 44.8 Å². The molecule has 106 valence electrons. The smallest absolute Gasteiger partial charge is 0.0752 e. The zero-order valence-electron chi connectivity index (χ0n) is 12.8. The Kier molecular flexibility index (Phi) is 4.05. The van der Waals surface area contributed by atoms with Crippen molar-refractivity contribution in [1.82, 2.24) is 10.2 Å². The third-order valence-corrected chi connectivity index (χ3v) is 4.55. The lowest BCUT2D eigenvalue weighted by Crippen LogP contribution is -2.65. The van der Waals surface area contributed by atoms with E-state index >= 15 is 0 Å². The van der Waals surface area contributed by atoms with E-state index in [1.807, 2.05) is 0 Å². The number of hydrogen-bond acceptors (Lipinski definition) is 3. The summed E-state index contributed by atoms with van der Waals surface area (Å²) in [4.78, 5) is 2.62. The molecular formula is C15H30N2O. The molecule has 2 rings (SSSR count). The van der Waals surface area contributed by atoms with Gasteiger partial charge in [0.1, 0.15) is 0 Å². The summed E-state index contributed by atoms with van der Waals surface area (Å²) in [5, 5.41) is 3.77. The summed E-state index contributed by atoms with van der Waals surface area (Å²) in [6, 6.07) is 0.608. The van der Waals surface area contributed by atoms with Gasteiger partial charge in [0.25, 0.3) is 0 Å². The fourth-order valence-electron chi connectivity index (χ4n) is 3.27. The fourth-order valence-corrected chi connectivity index (χ4v) is 3.27. The van der Waals surface area contributed by atoms with Crippen molar-refractivity contribution in [2.75, 3.05) is 26.2 Å². The Hall–Kier alpha value is -0.120. The first-order valence-corrected chi connectivity index (χ1v) is 7.49. The zero-order chi connectivity index (χ0) is 13.4. The van der Waals surface area contributed by atoms with Gasteiger partial charge in [-0.25, -0.2) is 0 Å². The van der Waals surface area contributed by atoms with Crippen LogP contribution in [0.5, 0.6) is 0 Å². The largest absolute Gasteiger partial charge is 0.375 e. The first kappa shape index (κ1) is 14.3. The average molecular weight is 254 g/mol. The Bertz CT molecular complexity index is 288.